The van der Waals surface area contributed by atoms with Gasteiger partial charge in [0, 0.05) is 35.4 Å². The molecule has 1 aromatic heterocycles. The number of nitrogens with zero attached hydrogens (tertiary/aromatic N) is 1. The Kier molecular flexibility index (Phi) is 7.75. The lowest BCUT2D eigenvalue weighted by molar-refractivity contribution is -2.00. The van der Waals surface area contributed by atoms with Crippen molar-refractivity contribution in [1.29, 1.82) is 0 Å². The molecule has 36 heavy (non-hydrogen) atoms. The van der Waals surface area contributed by atoms with E-state index in [0.29, 0.717) is 0 Å². The van der Waals surface area contributed by atoms with Gasteiger partial charge in [0.25, 0.3) is 0 Å². The summed E-state index contributed by atoms with van der Waals surface area (Å²) in [5, 5.41) is 9.86. The van der Waals surface area contributed by atoms with Gasteiger partial charge in [0.1, 0.15) is 5.75 Å². The number of phenolic OH excluding ortho intramolecular Hbond substituents is 1. The van der Waals surface area contributed by atoms with E-state index < -0.39 is 10.2 Å². The second-order valence-electron chi connectivity index (χ2n) is 7.84. The fraction of sp³-hybridized carbons (Fsp3) is 0. The number of aromatic hydroxyl groups is 1. The number of aromatic nitrogens is 1. The van der Waals surface area contributed by atoms with Crippen LogP contribution in [0.4, 0.5) is 0 Å². The van der Waals surface area contributed by atoms with Crippen LogP contribution in [0.25, 0.3) is 39.3 Å². The molecule has 0 aliphatic rings. The monoisotopic (exact) mass is 499 g/mol. The first-order chi connectivity index (χ1) is 17.3. The molecule has 0 bridgehead atoms. The molecule has 1 heterocycles. The van der Waals surface area contributed by atoms with Gasteiger partial charge in [-0.2, -0.15) is 4.57 Å². The van der Waals surface area contributed by atoms with Gasteiger partial charge >= 0.3 is 0 Å². The van der Waals surface area contributed by atoms with Gasteiger partial charge in [0.2, 0.25) is 17.1 Å². The molecule has 0 radical (unpaired) electrons. The average Bonchev–Trinajstić information content (AvgIpc) is 2.89. The molecule has 180 valence electrons. The Hall–Kier alpha value is -4.04. The van der Waals surface area contributed by atoms with E-state index in [1.807, 2.05) is 30.3 Å². The van der Waals surface area contributed by atoms with Crippen LogP contribution < -0.4 is 23.2 Å². The number of pyridine rings is 1. The average molecular weight is 500 g/mol. The molecule has 0 fully saturated rings. The number of halogens is 1. The molecule has 0 spiro atoms. The van der Waals surface area contributed by atoms with E-state index >= 15 is 0 Å². The van der Waals surface area contributed by atoms with Crippen molar-refractivity contribution in [2.45, 2.75) is 0 Å². The van der Waals surface area contributed by atoms with Crippen molar-refractivity contribution in [1.82, 2.24) is 0 Å². The smallest absolute Gasteiger partial charge is 0.219 e. The lowest BCUT2D eigenvalue weighted by atomic mass is 9.98. The Morgan fingerprint density at radius 3 is 1.22 bits per heavy atom. The Balaban J connectivity index is 0.000000556. The van der Waals surface area contributed by atoms with E-state index in [9.17, 15) is 5.11 Å². The predicted octanol–water partition coefficient (Wildman–Crippen LogP) is 1.91. The van der Waals surface area contributed by atoms with Gasteiger partial charge in [-0.1, -0.05) is 66.7 Å². The highest BCUT2D eigenvalue weighted by atomic mass is 35.7. The first-order valence-corrected chi connectivity index (χ1v) is 12.2. The van der Waals surface area contributed by atoms with Crippen LogP contribution in [0.1, 0.15) is 0 Å². The third-order valence-electron chi connectivity index (χ3n) is 5.42. The first kappa shape index (κ1) is 25.1. The van der Waals surface area contributed by atoms with Gasteiger partial charge in [-0.3, -0.25) is 0 Å². The molecular weight excluding hydrogens is 478 g/mol. The van der Waals surface area contributed by atoms with E-state index in [2.05, 4.69) is 89.5 Å². The zero-order valence-electron chi connectivity index (χ0n) is 19.0. The summed E-state index contributed by atoms with van der Waals surface area (Å²) in [5.41, 5.74) is 7.77. The quantitative estimate of drug-likeness (QED) is 0.379. The maximum absolute atomic E-state index is 9.86. The van der Waals surface area contributed by atoms with Crippen LogP contribution in [0.2, 0.25) is 0 Å². The van der Waals surface area contributed by atoms with Crippen LogP contribution in [0.5, 0.6) is 5.75 Å². The highest BCUT2D eigenvalue weighted by Crippen LogP contribution is 2.30. The Morgan fingerprint density at radius 1 is 0.472 bits per heavy atom. The standard InChI is InChI=1S/C29H21NO.ClHO4/c31-27-18-16-26(17-19-27)30-28(23-12-6-2-7-13-23)20-25(22-10-4-1-5-11-22)21-29(30)24-14-8-3-9-15-24;2-1(3,4)5/h1-21H;(H,2,3,4,5). The van der Waals surface area contributed by atoms with Crippen molar-refractivity contribution in [2.75, 3.05) is 0 Å². The maximum atomic E-state index is 9.86. The lowest BCUT2D eigenvalue weighted by Crippen LogP contribution is -2.68. The normalized spacial score (nSPS) is 10.9. The van der Waals surface area contributed by atoms with E-state index in [1.54, 1.807) is 12.1 Å². The van der Waals surface area contributed by atoms with Gasteiger partial charge in [0.15, 0.2) is 0 Å². The zero-order valence-corrected chi connectivity index (χ0v) is 19.8. The summed E-state index contributed by atoms with van der Waals surface area (Å²) in [7, 11) is -4.94. The summed E-state index contributed by atoms with van der Waals surface area (Å²) < 4.78 is 36.2. The van der Waals surface area contributed by atoms with Gasteiger partial charge in [0.05, 0.1) is 0 Å². The van der Waals surface area contributed by atoms with Crippen molar-refractivity contribution in [2.24, 2.45) is 0 Å². The fourth-order valence-electron chi connectivity index (χ4n) is 3.91. The van der Waals surface area contributed by atoms with E-state index in [-0.39, 0.29) is 5.75 Å². The molecule has 1 N–H and O–H groups in total. The third kappa shape index (κ3) is 6.55. The van der Waals surface area contributed by atoms with Crippen molar-refractivity contribution in [3.63, 3.8) is 0 Å². The molecule has 0 amide bonds. The maximum Gasteiger partial charge on any atom is 0.219 e. The SMILES string of the molecule is Oc1ccc(-[n+]2c(-c3ccccc3)cc(-c3ccccc3)cc2-c2ccccc2)cc1.[O-][Cl+3]([O-])([O-])[O-]. The molecular formula is C29H22ClNO5. The highest BCUT2D eigenvalue weighted by molar-refractivity contribution is 5.74. The van der Waals surface area contributed by atoms with Crippen molar-refractivity contribution in [3.05, 3.63) is 127 Å². The molecule has 5 aromatic rings. The molecule has 4 aromatic carbocycles. The minimum Gasteiger partial charge on any atom is -0.508 e. The van der Waals surface area contributed by atoms with Gasteiger partial charge in [-0.05, 0) is 47.5 Å². The molecule has 7 heteroatoms. The van der Waals surface area contributed by atoms with Crippen molar-refractivity contribution < 1.29 is 38.6 Å². The molecule has 0 atom stereocenters. The van der Waals surface area contributed by atoms with Crippen LogP contribution in [-0.4, -0.2) is 5.11 Å². The number of hydrogen-bond acceptors (Lipinski definition) is 5. The van der Waals surface area contributed by atoms with Crippen LogP contribution in [-0.2, 0) is 0 Å². The minimum atomic E-state index is -4.94. The lowest BCUT2D eigenvalue weighted by Gasteiger charge is -2.17. The summed E-state index contributed by atoms with van der Waals surface area (Å²) in [6.45, 7) is 0. The summed E-state index contributed by atoms with van der Waals surface area (Å²) in [5.74, 6) is 0.257. The topological polar surface area (TPSA) is 116 Å². The molecule has 0 aliphatic heterocycles. The number of rotatable bonds is 4. The highest BCUT2D eigenvalue weighted by Gasteiger charge is 2.24. The van der Waals surface area contributed by atoms with Crippen LogP contribution in [0.3, 0.4) is 0 Å². The predicted molar refractivity (Wildman–Crippen MR) is 126 cm³/mol. The summed E-state index contributed by atoms with van der Waals surface area (Å²) in [6, 6.07) is 43.2. The fourth-order valence-corrected chi connectivity index (χ4v) is 3.91. The van der Waals surface area contributed by atoms with Crippen LogP contribution in [0, 0.1) is 10.2 Å². The second-order valence-corrected chi connectivity index (χ2v) is 8.60. The Labute approximate surface area is 211 Å². The summed E-state index contributed by atoms with van der Waals surface area (Å²) in [6.07, 6.45) is 0. The number of hydrogen-bond donors (Lipinski definition) is 1. The van der Waals surface area contributed by atoms with Gasteiger partial charge in [-0.25, -0.2) is 18.6 Å². The number of phenols is 1. The molecule has 0 unspecified atom stereocenters. The number of benzene rings is 4. The van der Waals surface area contributed by atoms with Crippen LogP contribution >= 0.6 is 0 Å². The molecule has 6 nitrogen and oxygen atoms in total. The van der Waals surface area contributed by atoms with E-state index in [1.165, 1.54) is 5.56 Å². The Bertz CT molecular complexity index is 1340. The van der Waals surface area contributed by atoms with Crippen molar-refractivity contribution in [3.8, 4) is 45.1 Å². The van der Waals surface area contributed by atoms with Gasteiger partial charge in [-0.15, -0.1) is 10.2 Å². The molecule has 0 aliphatic carbocycles. The molecule has 0 saturated carbocycles. The summed E-state index contributed by atoms with van der Waals surface area (Å²) in [4.78, 5) is 0. The first-order valence-electron chi connectivity index (χ1n) is 11.0. The summed E-state index contributed by atoms with van der Waals surface area (Å²) >= 11 is 0. The molecule has 0 saturated heterocycles. The third-order valence-corrected chi connectivity index (χ3v) is 5.42. The van der Waals surface area contributed by atoms with Crippen LogP contribution in [0.15, 0.2) is 127 Å². The van der Waals surface area contributed by atoms with E-state index in [0.717, 1.165) is 33.8 Å². The zero-order chi connectivity index (χ0) is 25.5. The largest absolute Gasteiger partial charge is 0.508 e. The minimum absolute atomic E-state index is 0.257. The molecule has 5 rings (SSSR count). The second kappa shape index (κ2) is 11.1. The van der Waals surface area contributed by atoms with E-state index in [4.69, 9.17) is 18.6 Å². The van der Waals surface area contributed by atoms with Crippen molar-refractivity contribution >= 4 is 0 Å². The van der Waals surface area contributed by atoms with Gasteiger partial charge < -0.3 is 5.11 Å². The Morgan fingerprint density at radius 2 is 0.833 bits per heavy atom.